The summed E-state index contributed by atoms with van der Waals surface area (Å²) in [4.78, 5) is 13.0. The van der Waals surface area contributed by atoms with Crippen molar-refractivity contribution >= 4 is 33.2 Å². The van der Waals surface area contributed by atoms with Crippen molar-refractivity contribution in [3.05, 3.63) is 95.0 Å². The zero-order chi connectivity index (χ0) is 20.9. The number of anilines is 1. The van der Waals surface area contributed by atoms with E-state index in [1.807, 2.05) is 37.3 Å². The van der Waals surface area contributed by atoms with Crippen molar-refractivity contribution in [3.63, 3.8) is 0 Å². The van der Waals surface area contributed by atoms with Crippen molar-refractivity contribution in [2.45, 2.75) is 24.3 Å². The number of aryl methyl sites for hydroxylation is 1. The average Bonchev–Trinajstić information content (AvgIpc) is 2.71. The van der Waals surface area contributed by atoms with E-state index < -0.39 is 22.0 Å². The normalized spacial score (nSPS) is 12.3. The van der Waals surface area contributed by atoms with Crippen LogP contribution >= 0.6 is 11.6 Å². The van der Waals surface area contributed by atoms with Gasteiger partial charge in [-0.15, -0.1) is 0 Å². The number of carbonyl (C=O) groups excluding carboxylic acids is 1. The third kappa shape index (κ3) is 5.67. The highest BCUT2D eigenvalue weighted by molar-refractivity contribution is 7.89. The SMILES string of the molecule is Cc1ccc(NC(=O)[C@H](Cc2ccccc2)NS(=O)(=O)c2ccccc2)cc1Cl. The van der Waals surface area contributed by atoms with Crippen LogP contribution in [-0.2, 0) is 21.2 Å². The molecule has 0 radical (unpaired) electrons. The smallest absolute Gasteiger partial charge is 0.242 e. The van der Waals surface area contributed by atoms with Gasteiger partial charge >= 0.3 is 0 Å². The highest BCUT2D eigenvalue weighted by Gasteiger charge is 2.26. The summed E-state index contributed by atoms with van der Waals surface area (Å²) in [7, 11) is -3.87. The number of benzene rings is 3. The number of rotatable bonds is 7. The van der Waals surface area contributed by atoms with E-state index in [0.717, 1.165) is 11.1 Å². The van der Waals surface area contributed by atoms with Gasteiger partial charge < -0.3 is 5.32 Å². The fourth-order valence-electron chi connectivity index (χ4n) is 2.79. The summed E-state index contributed by atoms with van der Waals surface area (Å²) in [5.74, 6) is -0.465. The lowest BCUT2D eigenvalue weighted by atomic mass is 10.1. The van der Waals surface area contributed by atoms with E-state index >= 15 is 0 Å². The molecule has 1 amide bonds. The zero-order valence-corrected chi connectivity index (χ0v) is 17.4. The highest BCUT2D eigenvalue weighted by Crippen LogP contribution is 2.20. The number of carbonyl (C=O) groups is 1. The first-order chi connectivity index (χ1) is 13.8. The quantitative estimate of drug-likeness (QED) is 0.592. The van der Waals surface area contributed by atoms with Gasteiger partial charge in [-0.25, -0.2) is 8.42 Å². The van der Waals surface area contributed by atoms with Gasteiger partial charge in [0, 0.05) is 10.7 Å². The van der Waals surface area contributed by atoms with E-state index in [2.05, 4.69) is 10.0 Å². The van der Waals surface area contributed by atoms with Crippen LogP contribution in [0.1, 0.15) is 11.1 Å². The Labute approximate surface area is 175 Å². The standard InChI is InChI=1S/C22H21ClN2O3S/c1-16-12-13-18(15-20(16)23)24-22(26)21(14-17-8-4-2-5-9-17)25-29(27,28)19-10-6-3-7-11-19/h2-13,15,21,25H,14H2,1H3,(H,24,26)/t21-/m0/s1. The second-order valence-electron chi connectivity index (χ2n) is 6.63. The van der Waals surface area contributed by atoms with Crippen LogP contribution in [0.15, 0.2) is 83.8 Å². The third-order valence-electron chi connectivity index (χ3n) is 4.39. The van der Waals surface area contributed by atoms with Crippen molar-refractivity contribution < 1.29 is 13.2 Å². The Bertz CT molecular complexity index is 1090. The molecule has 0 aromatic heterocycles. The van der Waals surface area contributed by atoms with Gasteiger partial charge in [0.15, 0.2) is 0 Å². The summed E-state index contributed by atoms with van der Waals surface area (Å²) in [6.07, 6.45) is 0.207. The van der Waals surface area contributed by atoms with Crippen LogP contribution in [0.25, 0.3) is 0 Å². The first-order valence-electron chi connectivity index (χ1n) is 9.03. The molecule has 0 saturated heterocycles. The molecule has 150 valence electrons. The minimum Gasteiger partial charge on any atom is -0.325 e. The van der Waals surface area contributed by atoms with Crippen LogP contribution in [0.2, 0.25) is 5.02 Å². The lowest BCUT2D eigenvalue weighted by Gasteiger charge is -2.19. The van der Waals surface area contributed by atoms with Crippen molar-refractivity contribution in [3.8, 4) is 0 Å². The van der Waals surface area contributed by atoms with Gasteiger partial charge in [-0.3, -0.25) is 4.79 Å². The largest absolute Gasteiger partial charge is 0.325 e. The Hall–Kier alpha value is -2.67. The lowest BCUT2D eigenvalue weighted by molar-refractivity contribution is -0.117. The van der Waals surface area contributed by atoms with Gasteiger partial charge in [-0.2, -0.15) is 4.72 Å². The van der Waals surface area contributed by atoms with Crippen LogP contribution < -0.4 is 10.0 Å². The second-order valence-corrected chi connectivity index (χ2v) is 8.75. The zero-order valence-electron chi connectivity index (χ0n) is 15.8. The average molecular weight is 429 g/mol. The number of hydrogen-bond acceptors (Lipinski definition) is 3. The maximum absolute atomic E-state index is 12.9. The first-order valence-corrected chi connectivity index (χ1v) is 10.9. The van der Waals surface area contributed by atoms with Crippen LogP contribution in [0, 0.1) is 6.92 Å². The van der Waals surface area contributed by atoms with Crippen LogP contribution in [0.3, 0.4) is 0 Å². The van der Waals surface area contributed by atoms with Crippen molar-refractivity contribution in [1.29, 1.82) is 0 Å². The first kappa shape index (κ1) is 21.0. The van der Waals surface area contributed by atoms with Crippen LogP contribution in [0.4, 0.5) is 5.69 Å². The summed E-state index contributed by atoms with van der Waals surface area (Å²) in [6, 6.07) is 21.4. The van der Waals surface area contributed by atoms with Crippen molar-refractivity contribution in [1.82, 2.24) is 4.72 Å². The molecule has 0 unspecified atom stereocenters. The summed E-state index contributed by atoms with van der Waals surface area (Å²) in [5.41, 5.74) is 2.23. The fourth-order valence-corrected chi connectivity index (χ4v) is 4.19. The van der Waals surface area contributed by atoms with Crippen molar-refractivity contribution in [2.24, 2.45) is 0 Å². The minimum atomic E-state index is -3.87. The summed E-state index contributed by atoms with van der Waals surface area (Å²) < 4.78 is 28.1. The maximum Gasteiger partial charge on any atom is 0.242 e. The molecule has 5 nitrogen and oxygen atoms in total. The lowest BCUT2D eigenvalue weighted by Crippen LogP contribution is -2.45. The molecular formula is C22H21ClN2O3S. The fraction of sp³-hybridized carbons (Fsp3) is 0.136. The number of amides is 1. The monoisotopic (exact) mass is 428 g/mol. The van der Waals surface area contributed by atoms with Gasteiger partial charge in [0.2, 0.25) is 15.9 Å². The third-order valence-corrected chi connectivity index (χ3v) is 6.28. The van der Waals surface area contributed by atoms with Gasteiger partial charge in [-0.05, 0) is 48.7 Å². The van der Waals surface area contributed by atoms with E-state index in [1.54, 1.807) is 36.4 Å². The molecule has 0 saturated carbocycles. The Kier molecular flexibility index (Phi) is 6.69. The maximum atomic E-state index is 12.9. The summed E-state index contributed by atoms with van der Waals surface area (Å²) >= 11 is 6.13. The number of nitrogens with one attached hydrogen (secondary N) is 2. The van der Waals surface area contributed by atoms with E-state index in [-0.39, 0.29) is 11.3 Å². The molecule has 2 N–H and O–H groups in total. The van der Waals surface area contributed by atoms with Crippen molar-refractivity contribution in [2.75, 3.05) is 5.32 Å². The van der Waals surface area contributed by atoms with Gasteiger partial charge in [-0.1, -0.05) is 66.2 Å². The Morgan fingerprint density at radius 1 is 0.966 bits per heavy atom. The van der Waals surface area contributed by atoms with Gasteiger partial charge in [0.05, 0.1) is 4.90 Å². The molecule has 0 aliphatic rings. The predicted molar refractivity (Wildman–Crippen MR) is 116 cm³/mol. The minimum absolute atomic E-state index is 0.101. The van der Waals surface area contributed by atoms with E-state index in [4.69, 9.17) is 11.6 Å². The topological polar surface area (TPSA) is 75.3 Å². The number of hydrogen-bond donors (Lipinski definition) is 2. The molecule has 0 spiro atoms. The van der Waals surface area contributed by atoms with E-state index in [0.29, 0.717) is 10.7 Å². The molecule has 29 heavy (non-hydrogen) atoms. The van der Waals surface area contributed by atoms with Crippen LogP contribution in [-0.4, -0.2) is 20.4 Å². The van der Waals surface area contributed by atoms with Crippen LogP contribution in [0.5, 0.6) is 0 Å². The molecule has 7 heteroatoms. The summed E-state index contributed by atoms with van der Waals surface area (Å²) in [5, 5.41) is 3.27. The predicted octanol–water partition coefficient (Wildman–Crippen LogP) is 4.18. The van der Waals surface area contributed by atoms with E-state index in [1.165, 1.54) is 12.1 Å². The molecule has 0 heterocycles. The number of sulfonamides is 1. The molecular weight excluding hydrogens is 408 g/mol. The van der Waals surface area contributed by atoms with Gasteiger partial charge in [0.1, 0.15) is 6.04 Å². The molecule has 3 rings (SSSR count). The second kappa shape index (κ2) is 9.22. The molecule has 3 aromatic carbocycles. The Morgan fingerprint density at radius 2 is 1.59 bits per heavy atom. The van der Waals surface area contributed by atoms with E-state index in [9.17, 15) is 13.2 Å². The molecule has 1 atom stereocenters. The van der Waals surface area contributed by atoms with Gasteiger partial charge in [0.25, 0.3) is 0 Å². The molecule has 0 bridgehead atoms. The molecule has 3 aromatic rings. The molecule has 0 aliphatic carbocycles. The Morgan fingerprint density at radius 3 is 2.21 bits per heavy atom. The Balaban J connectivity index is 1.85. The number of halogens is 1. The summed E-state index contributed by atoms with van der Waals surface area (Å²) in [6.45, 7) is 1.86. The highest BCUT2D eigenvalue weighted by atomic mass is 35.5. The molecule has 0 fully saturated rings. The molecule has 0 aliphatic heterocycles.